The molecule has 1 heterocycles. The average molecular weight is 465 g/mol. The molecule has 0 saturated carbocycles. The van der Waals surface area contributed by atoms with E-state index in [1.165, 1.54) is 0 Å². The minimum absolute atomic E-state index is 0.0712. The molecule has 0 aliphatic rings. The molecule has 0 spiro atoms. The Morgan fingerprint density at radius 2 is 1.82 bits per heavy atom. The molecule has 0 saturated heterocycles. The Morgan fingerprint density at radius 3 is 2.47 bits per heavy atom. The van der Waals surface area contributed by atoms with Crippen LogP contribution in [0, 0.1) is 11.8 Å². The number of rotatable bonds is 12. The zero-order valence-electron chi connectivity index (χ0n) is 20.8. The summed E-state index contributed by atoms with van der Waals surface area (Å²) < 4.78 is 5.49. The van der Waals surface area contributed by atoms with Crippen molar-refractivity contribution in [1.82, 2.24) is 10.1 Å². The van der Waals surface area contributed by atoms with Crippen LogP contribution >= 0.6 is 0 Å². The van der Waals surface area contributed by atoms with E-state index in [0.29, 0.717) is 23.7 Å². The van der Waals surface area contributed by atoms with Crippen LogP contribution in [0.25, 0.3) is 11.5 Å². The molecule has 0 aliphatic heterocycles. The van der Waals surface area contributed by atoms with E-state index in [9.17, 15) is 9.90 Å². The molecule has 3 rings (SSSR count). The van der Waals surface area contributed by atoms with Crippen LogP contribution in [-0.4, -0.2) is 34.3 Å². The summed E-state index contributed by atoms with van der Waals surface area (Å²) >= 11 is 0. The van der Waals surface area contributed by atoms with E-state index in [2.05, 4.69) is 54.1 Å². The third-order valence-corrected chi connectivity index (χ3v) is 5.92. The number of carboxylic acid groups (broad SMARTS) is 1. The molecule has 7 nitrogen and oxygen atoms in total. The summed E-state index contributed by atoms with van der Waals surface area (Å²) in [7, 11) is 0. The number of anilines is 3. The summed E-state index contributed by atoms with van der Waals surface area (Å²) in [6.07, 6.45) is 1.16. The summed E-state index contributed by atoms with van der Waals surface area (Å²) in [5.41, 5.74) is 3.70. The van der Waals surface area contributed by atoms with Crippen LogP contribution in [-0.2, 0) is 4.79 Å². The Bertz CT molecular complexity index is 1060. The van der Waals surface area contributed by atoms with Gasteiger partial charge in [-0.2, -0.15) is 4.98 Å². The standard InChI is InChI=1S/C27H36N4O3/c1-6-19(4)17-31(16-18(2)3)24-13-12-22(20(5)14-25(32)33)15-23(24)28-27-29-26(34-30-27)21-10-8-7-9-11-21/h7-13,15,18-20H,6,14,16-17H2,1-5H3,(H,28,30)(H,32,33). The van der Waals surface area contributed by atoms with Gasteiger partial charge < -0.3 is 19.8 Å². The number of aromatic nitrogens is 2. The second kappa shape index (κ2) is 11.7. The minimum Gasteiger partial charge on any atom is -0.481 e. The van der Waals surface area contributed by atoms with E-state index in [1.807, 2.05) is 49.4 Å². The van der Waals surface area contributed by atoms with Gasteiger partial charge in [-0.3, -0.25) is 4.79 Å². The number of benzene rings is 2. The van der Waals surface area contributed by atoms with Crippen molar-refractivity contribution < 1.29 is 14.4 Å². The summed E-state index contributed by atoms with van der Waals surface area (Å²) in [5, 5.41) is 16.8. The van der Waals surface area contributed by atoms with Crippen molar-refractivity contribution in [2.75, 3.05) is 23.3 Å². The van der Waals surface area contributed by atoms with E-state index < -0.39 is 5.97 Å². The topological polar surface area (TPSA) is 91.5 Å². The molecule has 2 aromatic carbocycles. The molecule has 3 aromatic rings. The molecule has 0 aliphatic carbocycles. The molecule has 2 unspecified atom stereocenters. The Morgan fingerprint density at radius 1 is 1.09 bits per heavy atom. The number of hydrogen-bond donors (Lipinski definition) is 2. The third-order valence-electron chi connectivity index (χ3n) is 5.92. The number of nitrogens with zero attached hydrogens (tertiary/aromatic N) is 3. The monoisotopic (exact) mass is 464 g/mol. The smallest absolute Gasteiger partial charge is 0.303 e. The van der Waals surface area contributed by atoms with Crippen LogP contribution in [0.2, 0.25) is 0 Å². The fourth-order valence-electron chi connectivity index (χ4n) is 3.93. The van der Waals surface area contributed by atoms with E-state index in [4.69, 9.17) is 4.52 Å². The highest BCUT2D eigenvalue weighted by Crippen LogP contribution is 2.34. The van der Waals surface area contributed by atoms with Gasteiger partial charge in [0.2, 0.25) is 0 Å². The number of aliphatic carboxylic acids is 1. The average Bonchev–Trinajstić information content (AvgIpc) is 3.27. The van der Waals surface area contributed by atoms with Gasteiger partial charge in [-0.1, -0.05) is 65.3 Å². The summed E-state index contributed by atoms with van der Waals surface area (Å²) in [6, 6.07) is 15.8. The van der Waals surface area contributed by atoms with E-state index in [-0.39, 0.29) is 12.3 Å². The Balaban J connectivity index is 1.98. The Labute approximate surface area is 202 Å². The van der Waals surface area contributed by atoms with Crippen molar-refractivity contribution in [2.45, 2.75) is 53.4 Å². The predicted octanol–water partition coefficient (Wildman–Crippen LogP) is 6.57. The van der Waals surface area contributed by atoms with Crippen molar-refractivity contribution in [1.29, 1.82) is 0 Å². The van der Waals surface area contributed by atoms with Crippen molar-refractivity contribution in [2.24, 2.45) is 11.8 Å². The molecular weight excluding hydrogens is 428 g/mol. The first-order valence-electron chi connectivity index (χ1n) is 12.0. The van der Waals surface area contributed by atoms with Crippen molar-refractivity contribution in [3.05, 3.63) is 54.1 Å². The first kappa shape index (κ1) is 25.3. The highest BCUT2D eigenvalue weighted by atomic mass is 16.5. The molecule has 7 heteroatoms. The van der Waals surface area contributed by atoms with E-state index in [0.717, 1.165) is 42.0 Å². The number of carboxylic acids is 1. The first-order valence-corrected chi connectivity index (χ1v) is 12.0. The van der Waals surface area contributed by atoms with Gasteiger partial charge in [-0.25, -0.2) is 0 Å². The normalized spacial score (nSPS) is 13.0. The lowest BCUT2D eigenvalue weighted by Crippen LogP contribution is -2.32. The Hall–Kier alpha value is -3.35. The highest BCUT2D eigenvalue weighted by molar-refractivity contribution is 5.75. The Kier molecular flexibility index (Phi) is 8.68. The highest BCUT2D eigenvalue weighted by Gasteiger charge is 2.20. The molecule has 2 atom stereocenters. The number of nitrogens with one attached hydrogen (secondary N) is 1. The number of carbonyl (C=O) groups is 1. The minimum atomic E-state index is -0.810. The van der Waals surface area contributed by atoms with E-state index >= 15 is 0 Å². The fourth-order valence-corrected chi connectivity index (χ4v) is 3.93. The third kappa shape index (κ3) is 6.83. The van der Waals surface area contributed by atoms with Crippen molar-refractivity contribution in [3.63, 3.8) is 0 Å². The second-order valence-electron chi connectivity index (χ2n) is 9.50. The lowest BCUT2D eigenvalue weighted by atomic mass is 9.96. The maximum Gasteiger partial charge on any atom is 0.303 e. The summed E-state index contributed by atoms with van der Waals surface area (Å²) in [5.74, 6) is 0.902. The van der Waals surface area contributed by atoms with Crippen molar-refractivity contribution in [3.8, 4) is 11.5 Å². The van der Waals surface area contributed by atoms with Crippen LogP contribution in [0.3, 0.4) is 0 Å². The maximum absolute atomic E-state index is 11.3. The summed E-state index contributed by atoms with van der Waals surface area (Å²) in [6.45, 7) is 12.7. The molecule has 1 aromatic heterocycles. The van der Waals surface area contributed by atoms with Gasteiger partial charge in [0.1, 0.15) is 0 Å². The maximum atomic E-state index is 11.3. The lowest BCUT2D eigenvalue weighted by Gasteiger charge is -2.31. The van der Waals surface area contributed by atoms with E-state index in [1.54, 1.807) is 0 Å². The zero-order valence-corrected chi connectivity index (χ0v) is 20.8. The molecular formula is C27H36N4O3. The molecule has 182 valence electrons. The molecule has 0 amide bonds. The first-order chi connectivity index (χ1) is 16.3. The quantitative estimate of drug-likeness (QED) is 0.313. The SMILES string of the molecule is CCC(C)CN(CC(C)C)c1ccc(C(C)CC(=O)O)cc1Nc1noc(-c2ccccc2)n1. The lowest BCUT2D eigenvalue weighted by molar-refractivity contribution is -0.137. The van der Waals surface area contributed by atoms with Gasteiger partial charge in [-0.05, 0) is 52.7 Å². The largest absolute Gasteiger partial charge is 0.481 e. The van der Waals surface area contributed by atoms with Crippen LogP contribution < -0.4 is 10.2 Å². The van der Waals surface area contributed by atoms with Crippen LogP contribution in [0.4, 0.5) is 17.3 Å². The van der Waals surface area contributed by atoms with Crippen LogP contribution in [0.15, 0.2) is 53.1 Å². The van der Waals surface area contributed by atoms with Crippen molar-refractivity contribution >= 4 is 23.3 Å². The zero-order chi connectivity index (χ0) is 24.7. The molecule has 0 radical (unpaired) electrons. The van der Waals surface area contributed by atoms with Crippen LogP contribution in [0.1, 0.15) is 58.9 Å². The van der Waals surface area contributed by atoms with Gasteiger partial charge in [0.25, 0.3) is 11.8 Å². The second-order valence-corrected chi connectivity index (χ2v) is 9.50. The van der Waals surface area contributed by atoms with Gasteiger partial charge in [-0.15, -0.1) is 0 Å². The van der Waals surface area contributed by atoms with Crippen LogP contribution in [0.5, 0.6) is 0 Å². The van der Waals surface area contributed by atoms with Gasteiger partial charge in [0.15, 0.2) is 0 Å². The molecule has 0 bridgehead atoms. The van der Waals surface area contributed by atoms with Gasteiger partial charge in [0.05, 0.1) is 17.8 Å². The predicted molar refractivity (Wildman–Crippen MR) is 137 cm³/mol. The molecule has 34 heavy (non-hydrogen) atoms. The molecule has 0 fully saturated rings. The number of hydrogen-bond acceptors (Lipinski definition) is 6. The fraction of sp³-hybridized carbons (Fsp3) is 0.444. The van der Waals surface area contributed by atoms with Gasteiger partial charge in [0, 0.05) is 18.7 Å². The molecule has 2 N–H and O–H groups in total. The van der Waals surface area contributed by atoms with Gasteiger partial charge >= 0.3 is 5.97 Å². The summed E-state index contributed by atoms with van der Waals surface area (Å²) in [4.78, 5) is 18.2.